The first kappa shape index (κ1) is 23.8. The number of aliphatic hydroxyl groups excluding tert-OH is 1. The molecular formula is C26H44O4Si. The van der Waals surface area contributed by atoms with E-state index in [9.17, 15) is 5.11 Å². The zero-order chi connectivity index (χ0) is 22.4. The Balaban J connectivity index is 1.56. The molecule has 0 unspecified atom stereocenters. The molecule has 0 amide bonds. The van der Waals surface area contributed by atoms with Gasteiger partial charge < -0.3 is 19.0 Å². The maximum atomic E-state index is 10.9. The molecule has 1 heterocycles. The molecule has 0 aromatic rings. The third-order valence-electron chi connectivity index (χ3n) is 9.23. The van der Waals surface area contributed by atoms with Gasteiger partial charge in [-0.05, 0) is 55.7 Å². The van der Waals surface area contributed by atoms with E-state index in [4.69, 9.17) is 13.9 Å². The molecule has 4 fully saturated rings. The Hall–Kier alpha value is -0.383. The number of ether oxygens (including phenoxy) is 2. The van der Waals surface area contributed by atoms with Crippen molar-refractivity contribution in [3.8, 4) is 11.8 Å². The zero-order valence-electron chi connectivity index (χ0n) is 20.6. The molecule has 3 saturated carbocycles. The summed E-state index contributed by atoms with van der Waals surface area (Å²) in [5.41, 5.74) is 0. The van der Waals surface area contributed by atoms with Crippen LogP contribution in [-0.2, 0) is 13.9 Å². The van der Waals surface area contributed by atoms with Gasteiger partial charge in [0.1, 0.15) is 6.10 Å². The molecule has 1 saturated heterocycles. The van der Waals surface area contributed by atoms with E-state index < -0.39 is 14.1 Å². The Morgan fingerprint density at radius 2 is 1.68 bits per heavy atom. The predicted octanol–water partition coefficient (Wildman–Crippen LogP) is 5.36. The van der Waals surface area contributed by atoms with Gasteiger partial charge in [-0.1, -0.05) is 58.8 Å². The van der Waals surface area contributed by atoms with Crippen molar-refractivity contribution in [3.05, 3.63) is 0 Å². The lowest BCUT2D eigenvalue weighted by molar-refractivity contribution is -0.334. The minimum Gasteiger partial charge on any atom is -0.403 e. The number of hydrogen-bond donors (Lipinski definition) is 1. The summed E-state index contributed by atoms with van der Waals surface area (Å²) in [6.07, 6.45) is 7.75. The minimum absolute atomic E-state index is 0.00119. The second-order valence-corrected chi connectivity index (χ2v) is 16.8. The molecule has 31 heavy (non-hydrogen) atoms. The van der Waals surface area contributed by atoms with E-state index in [-0.39, 0.29) is 29.1 Å². The lowest BCUT2D eigenvalue weighted by Gasteiger charge is -2.61. The van der Waals surface area contributed by atoms with E-state index in [0.29, 0.717) is 31.0 Å². The predicted molar refractivity (Wildman–Crippen MR) is 126 cm³/mol. The molecule has 0 bridgehead atoms. The van der Waals surface area contributed by atoms with Crippen molar-refractivity contribution in [2.24, 2.45) is 29.6 Å². The van der Waals surface area contributed by atoms with Crippen LogP contribution >= 0.6 is 0 Å². The van der Waals surface area contributed by atoms with E-state index in [1.165, 1.54) is 32.1 Å². The van der Waals surface area contributed by atoms with Crippen molar-refractivity contribution in [3.63, 3.8) is 0 Å². The van der Waals surface area contributed by atoms with E-state index in [2.05, 4.69) is 52.6 Å². The van der Waals surface area contributed by atoms with Crippen LogP contribution in [0.3, 0.4) is 0 Å². The van der Waals surface area contributed by atoms with Crippen molar-refractivity contribution >= 4 is 8.32 Å². The molecule has 3 aliphatic carbocycles. The summed E-state index contributed by atoms with van der Waals surface area (Å²) in [5, 5.41) is 11.1. The normalized spacial score (nSPS) is 36.9. The summed E-state index contributed by atoms with van der Waals surface area (Å²) in [7, 11) is -1.92. The van der Waals surface area contributed by atoms with Crippen LogP contribution in [0.5, 0.6) is 0 Å². The van der Waals surface area contributed by atoms with Crippen LogP contribution in [-0.4, -0.2) is 44.6 Å². The van der Waals surface area contributed by atoms with Gasteiger partial charge in [0.15, 0.2) is 14.1 Å². The Bertz CT molecular complexity index is 690. The van der Waals surface area contributed by atoms with Crippen LogP contribution < -0.4 is 0 Å². The van der Waals surface area contributed by atoms with E-state index in [1.807, 2.05) is 0 Å². The van der Waals surface area contributed by atoms with Gasteiger partial charge >= 0.3 is 0 Å². The number of hydrogen-bond acceptors (Lipinski definition) is 4. The molecule has 4 rings (SSSR count). The quantitative estimate of drug-likeness (QED) is 0.467. The molecule has 176 valence electrons. The van der Waals surface area contributed by atoms with Crippen molar-refractivity contribution in [2.45, 2.75) is 109 Å². The summed E-state index contributed by atoms with van der Waals surface area (Å²) in [4.78, 5) is 0. The Labute approximate surface area is 190 Å². The average Bonchev–Trinajstić information content (AvgIpc) is 3.24. The van der Waals surface area contributed by atoms with E-state index in [1.54, 1.807) is 0 Å². The molecule has 1 aliphatic heterocycles. The standard InChI is InChI=1S/C26H44O4Si/c1-18-24-20(22(27)14-13-21(24)26(18)28-16-17-29-26)12-15-23(19-10-8-7-9-11-19)30-31(5,6)25(2,3)4/h18-24,27H,7-11,13-14,16-17H2,1-6H3/t18-,20-,21-,22+,23-,24+/m1/s1. The van der Waals surface area contributed by atoms with Gasteiger partial charge in [-0.2, -0.15) is 0 Å². The molecular weight excluding hydrogens is 404 g/mol. The fourth-order valence-electron chi connectivity index (χ4n) is 6.31. The monoisotopic (exact) mass is 448 g/mol. The SMILES string of the molecule is C[C@@H]1[C@H]2[C@H](C#C[C@@H](O[Si](C)(C)C(C)(C)C)C3CCCCC3)[C@@H](O)CC[C@H]2C12OCCO2. The third kappa shape index (κ3) is 4.28. The second-order valence-electron chi connectivity index (χ2n) is 12.0. The molecule has 4 aliphatic rings. The molecule has 1 spiro atoms. The van der Waals surface area contributed by atoms with Gasteiger partial charge in [-0.15, -0.1) is 0 Å². The summed E-state index contributed by atoms with van der Waals surface area (Å²) >= 11 is 0. The maximum absolute atomic E-state index is 10.9. The largest absolute Gasteiger partial charge is 0.403 e. The number of fused-ring (bicyclic) bond motifs is 2. The van der Waals surface area contributed by atoms with Gasteiger partial charge in [-0.25, -0.2) is 0 Å². The topological polar surface area (TPSA) is 47.9 Å². The summed E-state index contributed by atoms with van der Waals surface area (Å²) in [6.45, 7) is 15.2. The van der Waals surface area contributed by atoms with Crippen molar-refractivity contribution in [1.29, 1.82) is 0 Å². The van der Waals surface area contributed by atoms with Crippen molar-refractivity contribution in [1.82, 2.24) is 0 Å². The highest BCUT2D eigenvalue weighted by Crippen LogP contribution is 2.61. The van der Waals surface area contributed by atoms with Crippen molar-refractivity contribution in [2.75, 3.05) is 13.2 Å². The van der Waals surface area contributed by atoms with E-state index >= 15 is 0 Å². The molecule has 6 atom stereocenters. The fourth-order valence-corrected chi connectivity index (χ4v) is 7.55. The summed E-state index contributed by atoms with van der Waals surface area (Å²) in [6, 6.07) is 0. The van der Waals surface area contributed by atoms with Gasteiger partial charge in [0.2, 0.25) is 0 Å². The van der Waals surface area contributed by atoms with Crippen LogP contribution in [0, 0.1) is 41.4 Å². The first-order chi connectivity index (χ1) is 14.6. The first-order valence-corrected chi connectivity index (χ1v) is 15.6. The zero-order valence-corrected chi connectivity index (χ0v) is 21.6. The lowest BCUT2D eigenvalue weighted by Crippen LogP contribution is -2.67. The second kappa shape index (κ2) is 8.76. The van der Waals surface area contributed by atoms with Gasteiger partial charge in [-0.3, -0.25) is 0 Å². The number of rotatable bonds is 3. The average molecular weight is 449 g/mol. The molecule has 0 aromatic heterocycles. The van der Waals surface area contributed by atoms with Crippen LogP contribution in [0.1, 0.15) is 72.6 Å². The van der Waals surface area contributed by atoms with Gasteiger partial charge in [0.05, 0.1) is 25.2 Å². The Morgan fingerprint density at radius 1 is 1.03 bits per heavy atom. The maximum Gasteiger partial charge on any atom is 0.193 e. The smallest absolute Gasteiger partial charge is 0.193 e. The Kier molecular flexibility index (Phi) is 6.72. The third-order valence-corrected chi connectivity index (χ3v) is 13.7. The minimum atomic E-state index is -1.92. The fraction of sp³-hybridized carbons (Fsp3) is 0.923. The first-order valence-electron chi connectivity index (χ1n) is 12.7. The molecule has 4 nitrogen and oxygen atoms in total. The molecule has 0 aromatic carbocycles. The highest BCUT2D eigenvalue weighted by molar-refractivity contribution is 6.74. The molecule has 1 N–H and O–H groups in total. The summed E-state index contributed by atoms with van der Waals surface area (Å²) < 4.78 is 19.1. The Morgan fingerprint density at radius 3 is 2.29 bits per heavy atom. The highest BCUT2D eigenvalue weighted by Gasteiger charge is 2.67. The van der Waals surface area contributed by atoms with E-state index in [0.717, 1.165) is 12.8 Å². The van der Waals surface area contributed by atoms with Gasteiger partial charge in [0, 0.05) is 11.8 Å². The van der Waals surface area contributed by atoms with Crippen LogP contribution in [0.15, 0.2) is 0 Å². The molecule has 5 heteroatoms. The van der Waals surface area contributed by atoms with Crippen molar-refractivity contribution < 1.29 is 19.0 Å². The summed E-state index contributed by atoms with van der Waals surface area (Å²) in [5.74, 6) is 8.34. The highest BCUT2D eigenvalue weighted by atomic mass is 28.4. The lowest BCUT2D eigenvalue weighted by atomic mass is 9.50. The van der Waals surface area contributed by atoms with Crippen LogP contribution in [0.2, 0.25) is 18.1 Å². The van der Waals surface area contributed by atoms with Crippen LogP contribution in [0.25, 0.3) is 0 Å². The number of aliphatic hydroxyl groups is 1. The molecule has 0 radical (unpaired) electrons. The van der Waals surface area contributed by atoms with Crippen LogP contribution in [0.4, 0.5) is 0 Å². The van der Waals surface area contributed by atoms with Gasteiger partial charge in [0.25, 0.3) is 0 Å².